The van der Waals surface area contributed by atoms with Crippen LogP contribution < -0.4 is 5.32 Å². The first-order valence-electron chi connectivity index (χ1n) is 8.52. The fourth-order valence-corrected chi connectivity index (χ4v) is 3.74. The lowest BCUT2D eigenvalue weighted by atomic mass is 9.90. The lowest BCUT2D eigenvalue weighted by Crippen LogP contribution is -2.61. The first-order chi connectivity index (χ1) is 11.8. The number of nitrogens with zero attached hydrogens (tertiary/aromatic N) is 1. The minimum atomic E-state index is -3.91. The summed E-state index contributed by atoms with van der Waals surface area (Å²) in [5.41, 5.74) is -1.07. The predicted molar refractivity (Wildman–Crippen MR) is 87.0 cm³/mol. The Morgan fingerprint density at radius 3 is 2.60 bits per heavy atom. The van der Waals surface area contributed by atoms with E-state index in [0.29, 0.717) is 18.4 Å². The summed E-state index contributed by atoms with van der Waals surface area (Å²) in [4.78, 5) is 26.0. The van der Waals surface area contributed by atoms with Gasteiger partial charge in [0.1, 0.15) is 11.6 Å². The maximum Gasteiger partial charge on any atom is 0.352 e. The SMILES string of the molecule is Cc1ccccc1C1C(=O)NCCN1C(=O)C(F)(F)C1(O)CCCC1. The lowest BCUT2D eigenvalue weighted by molar-refractivity contribution is -0.203. The monoisotopic (exact) mass is 352 g/mol. The summed E-state index contributed by atoms with van der Waals surface area (Å²) in [5.74, 6) is -5.87. The van der Waals surface area contributed by atoms with Crippen LogP contribution in [0.5, 0.6) is 0 Å². The van der Waals surface area contributed by atoms with Crippen LogP contribution in [0.3, 0.4) is 0 Å². The van der Waals surface area contributed by atoms with Gasteiger partial charge in [-0.1, -0.05) is 37.1 Å². The Hall–Kier alpha value is -2.02. The van der Waals surface area contributed by atoms with Crippen molar-refractivity contribution in [2.24, 2.45) is 0 Å². The lowest BCUT2D eigenvalue weighted by Gasteiger charge is -2.40. The molecule has 0 spiro atoms. The summed E-state index contributed by atoms with van der Waals surface area (Å²) in [5, 5.41) is 12.9. The van der Waals surface area contributed by atoms with Crippen molar-refractivity contribution in [3.8, 4) is 0 Å². The fraction of sp³-hybridized carbons (Fsp3) is 0.556. The molecule has 7 heteroatoms. The van der Waals surface area contributed by atoms with Gasteiger partial charge in [0.25, 0.3) is 5.91 Å². The molecule has 2 fully saturated rings. The molecule has 1 atom stereocenters. The number of rotatable bonds is 3. The topological polar surface area (TPSA) is 69.6 Å². The second kappa shape index (κ2) is 6.37. The average molecular weight is 352 g/mol. The summed E-state index contributed by atoms with van der Waals surface area (Å²) < 4.78 is 29.7. The highest BCUT2D eigenvalue weighted by atomic mass is 19.3. The van der Waals surface area contributed by atoms with E-state index in [9.17, 15) is 23.5 Å². The van der Waals surface area contributed by atoms with E-state index in [0.717, 1.165) is 10.5 Å². The Morgan fingerprint density at radius 1 is 1.32 bits per heavy atom. The van der Waals surface area contributed by atoms with Gasteiger partial charge in [-0.25, -0.2) is 0 Å². The van der Waals surface area contributed by atoms with Crippen LogP contribution in [0.25, 0.3) is 0 Å². The third-order valence-corrected chi connectivity index (χ3v) is 5.24. The minimum Gasteiger partial charge on any atom is -0.383 e. The molecule has 1 heterocycles. The average Bonchev–Trinajstić information content (AvgIpc) is 3.03. The molecule has 1 saturated carbocycles. The molecule has 2 N–H and O–H groups in total. The largest absolute Gasteiger partial charge is 0.383 e. The predicted octanol–water partition coefficient (Wildman–Crippen LogP) is 1.93. The summed E-state index contributed by atoms with van der Waals surface area (Å²) in [6.07, 6.45) is 0.698. The van der Waals surface area contributed by atoms with Gasteiger partial charge in [0.05, 0.1) is 0 Å². The van der Waals surface area contributed by atoms with E-state index in [1.807, 2.05) is 0 Å². The Labute approximate surface area is 145 Å². The molecule has 0 aromatic heterocycles. The van der Waals surface area contributed by atoms with Crippen molar-refractivity contribution in [1.29, 1.82) is 0 Å². The standard InChI is InChI=1S/C18H22F2N2O3/c1-12-6-2-3-7-13(12)14-15(23)21-10-11-22(14)16(24)18(19,20)17(25)8-4-5-9-17/h2-3,6-7,14,25H,4-5,8-11H2,1H3,(H,21,23). The quantitative estimate of drug-likeness (QED) is 0.873. The van der Waals surface area contributed by atoms with Gasteiger partial charge in [-0.2, -0.15) is 8.78 Å². The van der Waals surface area contributed by atoms with E-state index in [-0.39, 0.29) is 25.9 Å². The number of aliphatic hydroxyl groups is 1. The van der Waals surface area contributed by atoms with Gasteiger partial charge < -0.3 is 15.3 Å². The Balaban J connectivity index is 1.97. The van der Waals surface area contributed by atoms with Crippen LogP contribution in [-0.4, -0.2) is 46.4 Å². The van der Waals surface area contributed by atoms with E-state index < -0.39 is 29.4 Å². The van der Waals surface area contributed by atoms with E-state index in [1.165, 1.54) is 0 Å². The summed E-state index contributed by atoms with van der Waals surface area (Å²) >= 11 is 0. The van der Waals surface area contributed by atoms with Gasteiger partial charge in [0, 0.05) is 13.1 Å². The highest BCUT2D eigenvalue weighted by Crippen LogP contribution is 2.44. The Morgan fingerprint density at radius 2 is 1.96 bits per heavy atom. The highest BCUT2D eigenvalue weighted by Gasteiger charge is 2.61. The van der Waals surface area contributed by atoms with E-state index in [1.54, 1.807) is 31.2 Å². The number of nitrogens with one attached hydrogen (secondary N) is 1. The zero-order chi connectivity index (χ0) is 18.2. The van der Waals surface area contributed by atoms with Crippen molar-refractivity contribution in [2.75, 3.05) is 13.1 Å². The van der Waals surface area contributed by atoms with Crippen molar-refractivity contribution in [3.05, 3.63) is 35.4 Å². The normalized spacial score (nSPS) is 23.4. The number of piperazine rings is 1. The molecule has 1 unspecified atom stereocenters. The first-order valence-corrected chi connectivity index (χ1v) is 8.52. The van der Waals surface area contributed by atoms with Crippen LogP contribution >= 0.6 is 0 Å². The summed E-state index contributed by atoms with van der Waals surface area (Å²) in [6.45, 7) is 1.86. The second-order valence-corrected chi connectivity index (χ2v) is 6.86. The highest BCUT2D eigenvalue weighted by molar-refractivity contribution is 5.93. The zero-order valence-electron chi connectivity index (χ0n) is 14.1. The molecule has 136 valence electrons. The number of carbonyl (C=O) groups excluding carboxylic acids is 2. The molecule has 0 radical (unpaired) electrons. The van der Waals surface area contributed by atoms with Crippen LogP contribution in [-0.2, 0) is 9.59 Å². The number of carbonyl (C=O) groups is 2. The van der Waals surface area contributed by atoms with E-state index in [4.69, 9.17) is 0 Å². The smallest absolute Gasteiger partial charge is 0.352 e. The maximum absolute atomic E-state index is 14.8. The molecule has 1 aliphatic heterocycles. The third kappa shape index (κ3) is 2.90. The van der Waals surface area contributed by atoms with Gasteiger partial charge in [-0.15, -0.1) is 0 Å². The molecule has 0 bridgehead atoms. The summed E-state index contributed by atoms with van der Waals surface area (Å²) in [7, 11) is 0. The first kappa shape index (κ1) is 17.8. The van der Waals surface area contributed by atoms with Gasteiger partial charge in [0.15, 0.2) is 0 Å². The fourth-order valence-electron chi connectivity index (χ4n) is 3.74. The zero-order valence-corrected chi connectivity index (χ0v) is 14.1. The molecule has 5 nitrogen and oxygen atoms in total. The third-order valence-electron chi connectivity index (χ3n) is 5.24. The van der Waals surface area contributed by atoms with Gasteiger partial charge in [-0.3, -0.25) is 9.59 Å². The number of benzene rings is 1. The van der Waals surface area contributed by atoms with Crippen LogP contribution in [0.1, 0.15) is 42.9 Å². The van der Waals surface area contributed by atoms with Crippen molar-refractivity contribution < 1.29 is 23.5 Å². The molecular formula is C18H22F2N2O3. The molecule has 2 aliphatic rings. The minimum absolute atomic E-state index is 0.0186. The molecule has 1 aromatic rings. The second-order valence-electron chi connectivity index (χ2n) is 6.86. The summed E-state index contributed by atoms with van der Waals surface area (Å²) in [6, 6.07) is 5.80. The number of hydrogen-bond acceptors (Lipinski definition) is 3. The molecule has 2 amide bonds. The van der Waals surface area contributed by atoms with Crippen molar-refractivity contribution >= 4 is 11.8 Å². The molecule has 1 saturated heterocycles. The maximum atomic E-state index is 14.8. The Bertz CT molecular complexity index is 687. The van der Waals surface area contributed by atoms with Crippen molar-refractivity contribution in [2.45, 2.75) is 50.2 Å². The number of aryl methyl sites for hydroxylation is 1. The van der Waals surface area contributed by atoms with Gasteiger partial charge in [-0.05, 0) is 30.9 Å². The number of amides is 2. The molecular weight excluding hydrogens is 330 g/mol. The molecule has 1 aliphatic carbocycles. The van der Waals surface area contributed by atoms with Crippen molar-refractivity contribution in [1.82, 2.24) is 10.2 Å². The van der Waals surface area contributed by atoms with Gasteiger partial charge in [0.2, 0.25) is 5.91 Å². The van der Waals surface area contributed by atoms with Gasteiger partial charge >= 0.3 is 5.92 Å². The number of alkyl halides is 2. The van der Waals surface area contributed by atoms with Crippen molar-refractivity contribution in [3.63, 3.8) is 0 Å². The number of halogens is 2. The molecule has 1 aromatic carbocycles. The van der Waals surface area contributed by atoms with Crippen LogP contribution in [0.2, 0.25) is 0 Å². The van der Waals surface area contributed by atoms with E-state index in [2.05, 4.69) is 5.32 Å². The van der Waals surface area contributed by atoms with Crippen LogP contribution in [0.15, 0.2) is 24.3 Å². The number of hydrogen-bond donors (Lipinski definition) is 2. The Kier molecular flexibility index (Phi) is 4.53. The van der Waals surface area contributed by atoms with Crippen LogP contribution in [0.4, 0.5) is 8.78 Å². The van der Waals surface area contributed by atoms with Crippen LogP contribution in [0, 0.1) is 6.92 Å². The molecule has 3 rings (SSSR count). The van der Waals surface area contributed by atoms with E-state index >= 15 is 0 Å². The molecule has 25 heavy (non-hydrogen) atoms.